The quantitative estimate of drug-likeness (QED) is 0.913. The van der Waals surface area contributed by atoms with E-state index < -0.39 is 0 Å². The molecule has 7 heteroatoms. The largest absolute Gasteiger partial charge is 0.393 e. The minimum absolute atomic E-state index is 0.0937. The molecule has 0 atom stereocenters. The molecule has 4 heterocycles. The van der Waals surface area contributed by atoms with Crippen LogP contribution < -0.4 is 4.90 Å². The summed E-state index contributed by atoms with van der Waals surface area (Å²) in [5, 5.41) is 22.7. The van der Waals surface area contributed by atoms with Crippen LogP contribution in [0.25, 0.3) is 5.65 Å². The molecule has 0 aliphatic carbocycles. The van der Waals surface area contributed by atoms with Gasteiger partial charge in [-0.25, -0.2) is 0 Å². The normalized spacial score (nSPS) is 21.5. The third kappa shape index (κ3) is 3.35. The Labute approximate surface area is 148 Å². The first kappa shape index (κ1) is 16.7. The Kier molecular flexibility index (Phi) is 4.60. The number of hydrogen-bond acceptors (Lipinski definition) is 6. The first-order chi connectivity index (χ1) is 12.1. The molecule has 0 spiro atoms. The van der Waals surface area contributed by atoms with Gasteiger partial charge >= 0.3 is 0 Å². The van der Waals surface area contributed by atoms with E-state index in [2.05, 4.69) is 45.0 Å². The SMILES string of the molecule is CC(C)c1cc(N2CCC(N3CCC(O)CC3)CC2)c2nncn2n1. The van der Waals surface area contributed by atoms with E-state index in [4.69, 9.17) is 0 Å². The van der Waals surface area contributed by atoms with Crippen LogP contribution >= 0.6 is 0 Å². The van der Waals surface area contributed by atoms with Gasteiger partial charge in [0, 0.05) is 32.2 Å². The fraction of sp³-hybridized carbons (Fsp3) is 0.722. The van der Waals surface area contributed by atoms with Gasteiger partial charge in [-0.15, -0.1) is 10.2 Å². The lowest BCUT2D eigenvalue weighted by molar-refractivity contribution is 0.0542. The summed E-state index contributed by atoms with van der Waals surface area (Å²) >= 11 is 0. The van der Waals surface area contributed by atoms with Crippen LogP contribution in [0.15, 0.2) is 12.4 Å². The van der Waals surface area contributed by atoms with Gasteiger partial charge in [-0.05, 0) is 37.7 Å². The summed E-state index contributed by atoms with van der Waals surface area (Å²) < 4.78 is 1.81. The zero-order chi connectivity index (χ0) is 17.4. The Morgan fingerprint density at radius 3 is 2.48 bits per heavy atom. The summed E-state index contributed by atoms with van der Waals surface area (Å²) in [7, 11) is 0. The highest BCUT2D eigenvalue weighted by Crippen LogP contribution is 2.28. The summed E-state index contributed by atoms with van der Waals surface area (Å²) in [6.07, 6.45) is 5.76. The molecule has 0 aromatic carbocycles. The van der Waals surface area contributed by atoms with Gasteiger partial charge in [0.15, 0.2) is 0 Å². The maximum atomic E-state index is 9.71. The molecule has 4 rings (SSSR count). The van der Waals surface area contributed by atoms with Crippen LogP contribution in [0.2, 0.25) is 0 Å². The molecule has 7 nitrogen and oxygen atoms in total. The molecule has 0 radical (unpaired) electrons. The fourth-order valence-electron chi connectivity index (χ4n) is 4.07. The number of rotatable bonds is 3. The Hall–Kier alpha value is -1.73. The number of aromatic nitrogens is 4. The summed E-state index contributed by atoms with van der Waals surface area (Å²) in [5.74, 6) is 0.378. The molecular weight excluding hydrogens is 316 g/mol. The number of aliphatic hydroxyl groups is 1. The van der Waals surface area contributed by atoms with Gasteiger partial charge in [0.1, 0.15) is 6.33 Å². The summed E-state index contributed by atoms with van der Waals surface area (Å²) in [6.45, 7) is 8.47. The van der Waals surface area contributed by atoms with Gasteiger partial charge in [0.25, 0.3) is 0 Å². The highest BCUT2D eigenvalue weighted by atomic mass is 16.3. The van der Waals surface area contributed by atoms with Crippen LogP contribution in [0.1, 0.15) is 51.1 Å². The van der Waals surface area contributed by atoms with E-state index in [1.54, 1.807) is 6.33 Å². The third-order valence-electron chi connectivity index (χ3n) is 5.68. The molecule has 1 N–H and O–H groups in total. The van der Waals surface area contributed by atoms with Crippen LogP contribution in [0.4, 0.5) is 5.69 Å². The minimum atomic E-state index is -0.0937. The Balaban J connectivity index is 1.49. The predicted octanol–water partition coefficient (Wildman–Crippen LogP) is 1.67. The van der Waals surface area contributed by atoms with Crippen molar-refractivity contribution in [3.63, 3.8) is 0 Å². The number of hydrogen-bond donors (Lipinski definition) is 1. The van der Waals surface area contributed by atoms with Crippen molar-refractivity contribution in [2.75, 3.05) is 31.1 Å². The number of nitrogens with zero attached hydrogens (tertiary/aromatic N) is 6. The van der Waals surface area contributed by atoms with E-state index in [-0.39, 0.29) is 6.10 Å². The monoisotopic (exact) mass is 344 g/mol. The van der Waals surface area contributed by atoms with E-state index >= 15 is 0 Å². The van der Waals surface area contributed by atoms with Gasteiger partial charge in [-0.2, -0.15) is 9.61 Å². The van der Waals surface area contributed by atoms with Crippen LogP contribution in [0, 0.1) is 0 Å². The van der Waals surface area contributed by atoms with E-state index in [0.29, 0.717) is 12.0 Å². The van der Waals surface area contributed by atoms with E-state index in [1.165, 1.54) is 0 Å². The van der Waals surface area contributed by atoms with Crippen LogP contribution in [0.3, 0.4) is 0 Å². The minimum Gasteiger partial charge on any atom is -0.393 e. The lowest BCUT2D eigenvalue weighted by atomic mass is 9.98. The molecule has 2 fully saturated rings. The van der Waals surface area contributed by atoms with E-state index in [1.807, 2.05) is 4.52 Å². The maximum absolute atomic E-state index is 9.71. The van der Waals surface area contributed by atoms with Gasteiger partial charge in [0.05, 0.1) is 17.5 Å². The number of fused-ring (bicyclic) bond motifs is 1. The molecule has 2 aromatic rings. The Morgan fingerprint density at radius 2 is 1.80 bits per heavy atom. The standard InChI is InChI=1S/C18H28N6O/c1-13(2)16-11-17(18-20-19-12-24(18)21-16)23-7-3-14(4-8-23)22-9-5-15(25)6-10-22/h11-15,25H,3-10H2,1-2H3. The lowest BCUT2D eigenvalue weighted by Crippen LogP contribution is -2.48. The van der Waals surface area contributed by atoms with Gasteiger partial charge in [-0.3, -0.25) is 0 Å². The molecule has 25 heavy (non-hydrogen) atoms. The highest BCUT2D eigenvalue weighted by Gasteiger charge is 2.28. The molecule has 2 aliphatic heterocycles. The molecule has 0 bridgehead atoms. The summed E-state index contributed by atoms with van der Waals surface area (Å²) in [6, 6.07) is 2.83. The van der Waals surface area contributed by atoms with Crippen molar-refractivity contribution in [1.29, 1.82) is 0 Å². The van der Waals surface area contributed by atoms with Crippen molar-refractivity contribution in [1.82, 2.24) is 24.7 Å². The first-order valence-electron chi connectivity index (χ1n) is 9.50. The van der Waals surface area contributed by atoms with Gasteiger partial charge in [-0.1, -0.05) is 13.8 Å². The molecule has 2 aliphatic rings. The summed E-state index contributed by atoms with van der Waals surface area (Å²) in [5.41, 5.74) is 3.09. The molecule has 2 aromatic heterocycles. The fourth-order valence-corrected chi connectivity index (χ4v) is 4.07. The van der Waals surface area contributed by atoms with Crippen molar-refractivity contribution < 1.29 is 5.11 Å². The number of piperidine rings is 2. The number of likely N-dealkylation sites (tertiary alicyclic amines) is 1. The van der Waals surface area contributed by atoms with E-state index in [0.717, 1.165) is 68.9 Å². The van der Waals surface area contributed by atoms with Crippen LogP contribution in [-0.2, 0) is 0 Å². The second-order valence-corrected chi connectivity index (χ2v) is 7.69. The lowest BCUT2D eigenvalue weighted by Gasteiger charge is -2.41. The average Bonchev–Trinajstić information content (AvgIpc) is 3.10. The number of anilines is 1. The van der Waals surface area contributed by atoms with Crippen molar-refractivity contribution >= 4 is 11.3 Å². The summed E-state index contributed by atoms with van der Waals surface area (Å²) in [4.78, 5) is 5.01. The molecule has 2 saturated heterocycles. The second kappa shape index (κ2) is 6.88. The maximum Gasteiger partial charge on any atom is 0.200 e. The zero-order valence-electron chi connectivity index (χ0n) is 15.2. The van der Waals surface area contributed by atoms with Gasteiger partial charge in [0.2, 0.25) is 5.65 Å². The van der Waals surface area contributed by atoms with Crippen molar-refractivity contribution in [3.8, 4) is 0 Å². The van der Waals surface area contributed by atoms with Crippen LogP contribution in [-0.4, -0.2) is 68.1 Å². The zero-order valence-corrected chi connectivity index (χ0v) is 15.2. The topological polar surface area (TPSA) is 69.8 Å². The first-order valence-corrected chi connectivity index (χ1v) is 9.50. The molecular formula is C18H28N6O. The van der Waals surface area contributed by atoms with Crippen molar-refractivity contribution in [2.45, 2.75) is 57.6 Å². The van der Waals surface area contributed by atoms with Crippen LogP contribution in [0.5, 0.6) is 0 Å². The van der Waals surface area contributed by atoms with Crippen molar-refractivity contribution in [2.24, 2.45) is 0 Å². The smallest absolute Gasteiger partial charge is 0.200 e. The average molecular weight is 344 g/mol. The second-order valence-electron chi connectivity index (χ2n) is 7.69. The Bertz CT molecular complexity index is 713. The highest BCUT2D eigenvalue weighted by molar-refractivity contribution is 5.68. The molecule has 0 saturated carbocycles. The van der Waals surface area contributed by atoms with Crippen molar-refractivity contribution in [3.05, 3.63) is 18.1 Å². The molecule has 136 valence electrons. The third-order valence-corrected chi connectivity index (χ3v) is 5.68. The molecule has 0 unspecified atom stereocenters. The number of aliphatic hydroxyl groups excluding tert-OH is 1. The predicted molar refractivity (Wildman–Crippen MR) is 96.9 cm³/mol. The van der Waals surface area contributed by atoms with E-state index in [9.17, 15) is 5.11 Å². The molecule has 0 amide bonds. The van der Waals surface area contributed by atoms with Gasteiger partial charge < -0.3 is 14.9 Å². The Morgan fingerprint density at radius 1 is 1.08 bits per heavy atom.